The molecule has 2 saturated heterocycles. The van der Waals surface area contributed by atoms with Crippen molar-refractivity contribution >= 4 is 17.3 Å². The van der Waals surface area contributed by atoms with E-state index in [2.05, 4.69) is 27.2 Å². The van der Waals surface area contributed by atoms with Crippen LogP contribution in [0.15, 0.2) is 24.3 Å². The topological polar surface area (TPSA) is 55.8 Å². The van der Waals surface area contributed by atoms with Gasteiger partial charge >= 0.3 is 0 Å². The molecule has 0 aliphatic carbocycles. The summed E-state index contributed by atoms with van der Waals surface area (Å²) in [6.07, 6.45) is 6.62. The van der Waals surface area contributed by atoms with E-state index in [1.54, 1.807) is 0 Å². The van der Waals surface area contributed by atoms with Crippen molar-refractivity contribution in [2.45, 2.75) is 44.6 Å². The molecule has 3 rings (SSSR count). The molecule has 2 fully saturated rings. The smallest absolute Gasteiger partial charge is 0.238 e. The fourth-order valence-corrected chi connectivity index (χ4v) is 3.87. The maximum Gasteiger partial charge on any atom is 0.238 e. The first-order valence-corrected chi connectivity index (χ1v) is 9.26. The summed E-state index contributed by atoms with van der Waals surface area (Å²) in [5.41, 5.74) is 2.11. The number of hydrogen-bond donors (Lipinski definition) is 2. The molecule has 0 aromatic heterocycles. The fraction of sp³-hybridized carbons (Fsp3) is 0.632. The van der Waals surface area contributed by atoms with E-state index in [0.29, 0.717) is 12.6 Å². The molecule has 132 valence electrons. The zero-order valence-corrected chi connectivity index (χ0v) is 14.4. The zero-order chi connectivity index (χ0) is 16.8. The molecule has 2 heterocycles. The second kappa shape index (κ2) is 8.49. The number of aliphatic hydroxyl groups is 1. The van der Waals surface area contributed by atoms with Gasteiger partial charge in [0.05, 0.1) is 6.54 Å². The van der Waals surface area contributed by atoms with Crippen LogP contribution in [0.1, 0.15) is 38.5 Å². The SMILES string of the molecule is O=C(CN1CCCC1CCCO)Nc1ccc(N2CCCC2)cc1. The Bertz CT molecular complexity index is 526. The van der Waals surface area contributed by atoms with Crippen molar-refractivity contribution in [1.82, 2.24) is 4.90 Å². The van der Waals surface area contributed by atoms with Gasteiger partial charge in [-0.2, -0.15) is 0 Å². The zero-order valence-electron chi connectivity index (χ0n) is 14.4. The highest BCUT2D eigenvalue weighted by atomic mass is 16.3. The van der Waals surface area contributed by atoms with Gasteiger partial charge in [0.1, 0.15) is 0 Å². The Hall–Kier alpha value is -1.59. The van der Waals surface area contributed by atoms with E-state index in [4.69, 9.17) is 5.11 Å². The van der Waals surface area contributed by atoms with Gasteiger partial charge in [0.2, 0.25) is 5.91 Å². The van der Waals surface area contributed by atoms with Crippen molar-refractivity contribution in [2.24, 2.45) is 0 Å². The van der Waals surface area contributed by atoms with E-state index in [9.17, 15) is 4.79 Å². The summed E-state index contributed by atoms with van der Waals surface area (Å²) < 4.78 is 0. The van der Waals surface area contributed by atoms with Crippen LogP contribution in [0.2, 0.25) is 0 Å². The van der Waals surface area contributed by atoms with Crippen molar-refractivity contribution < 1.29 is 9.90 Å². The quantitative estimate of drug-likeness (QED) is 0.806. The largest absolute Gasteiger partial charge is 0.396 e. The van der Waals surface area contributed by atoms with Crippen LogP contribution in [0, 0.1) is 0 Å². The van der Waals surface area contributed by atoms with Crippen molar-refractivity contribution in [3.63, 3.8) is 0 Å². The van der Waals surface area contributed by atoms with Gasteiger partial charge < -0.3 is 15.3 Å². The van der Waals surface area contributed by atoms with Gasteiger partial charge in [-0.25, -0.2) is 0 Å². The van der Waals surface area contributed by atoms with Crippen LogP contribution in [0.4, 0.5) is 11.4 Å². The van der Waals surface area contributed by atoms with Crippen molar-refractivity contribution in [2.75, 3.05) is 43.0 Å². The van der Waals surface area contributed by atoms with Crippen LogP contribution in [0.5, 0.6) is 0 Å². The average Bonchev–Trinajstić information content (AvgIpc) is 3.25. The Morgan fingerprint density at radius 1 is 1.12 bits per heavy atom. The number of carbonyl (C=O) groups is 1. The fourth-order valence-electron chi connectivity index (χ4n) is 3.87. The molecule has 1 unspecified atom stereocenters. The van der Waals surface area contributed by atoms with E-state index in [1.807, 2.05) is 12.1 Å². The third-order valence-electron chi connectivity index (χ3n) is 5.16. The van der Waals surface area contributed by atoms with Crippen molar-refractivity contribution in [3.05, 3.63) is 24.3 Å². The van der Waals surface area contributed by atoms with Gasteiger partial charge in [0.15, 0.2) is 0 Å². The Balaban J connectivity index is 1.49. The monoisotopic (exact) mass is 331 g/mol. The Morgan fingerprint density at radius 3 is 2.58 bits per heavy atom. The highest BCUT2D eigenvalue weighted by molar-refractivity contribution is 5.92. The molecular weight excluding hydrogens is 302 g/mol. The van der Waals surface area contributed by atoms with E-state index in [0.717, 1.165) is 51.0 Å². The van der Waals surface area contributed by atoms with Crippen LogP contribution in [-0.4, -0.2) is 54.7 Å². The minimum atomic E-state index is 0.0554. The first kappa shape index (κ1) is 17.2. The summed E-state index contributed by atoms with van der Waals surface area (Å²) in [6, 6.07) is 8.64. The maximum absolute atomic E-state index is 12.3. The van der Waals surface area contributed by atoms with Gasteiger partial charge in [-0.05, 0) is 69.3 Å². The molecule has 0 saturated carbocycles. The lowest BCUT2D eigenvalue weighted by atomic mass is 10.1. The molecule has 1 atom stereocenters. The number of likely N-dealkylation sites (tertiary alicyclic amines) is 1. The molecule has 0 bridgehead atoms. The first-order valence-electron chi connectivity index (χ1n) is 9.26. The Labute approximate surface area is 144 Å². The first-order chi connectivity index (χ1) is 11.8. The van der Waals surface area contributed by atoms with Crippen LogP contribution >= 0.6 is 0 Å². The molecule has 2 aliphatic heterocycles. The Kier molecular flexibility index (Phi) is 6.10. The lowest BCUT2D eigenvalue weighted by Gasteiger charge is -2.23. The molecule has 2 N–H and O–H groups in total. The van der Waals surface area contributed by atoms with Gasteiger partial charge in [-0.15, -0.1) is 0 Å². The van der Waals surface area contributed by atoms with Gasteiger partial charge in [-0.3, -0.25) is 9.69 Å². The molecule has 1 aromatic rings. The normalized spacial score (nSPS) is 21.4. The van der Waals surface area contributed by atoms with E-state index in [1.165, 1.54) is 18.5 Å². The number of nitrogens with one attached hydrogen (secondary N) is 1. The second-order valence-corrected chi connectivity index (χ2v) is 6.92. The van der Waals surface area contributed by atoms with Crippen molar-refractivity contribution in [3.8, 4) is 0 Å². The highest BCUT2D eigenvalue weighted by Crippen LogP contribution is 2.23. The predicted octanol–water partition coefficient (Wildman–Crippen LogP) is 2.46. The summed E-state index contributed by atoms with van der Waals surface area (Å²) in [5, 5.41) is 12.0. The number of nitrogens with zero attached hydrogens (tertiary/aromatic N) is 2. The highest BCUT2D eigenvalue weighted by Gasteiger charge is 2.25. The molecular formula is C19H29N3O2. The summed E-state index contributed by atoms with van der Waals surface area (Å²) in [7, 11) is 0. The van der Waals surface area contributed by atoms with Crippen LogP contribution in [0.3, 0.4) is 0 Å². The standard InChI is InChI=1S/C19H29N3O2/c23-14-4-6-17-5-3-13-22(17)15-19(24)20-16-7-9-18(10-8-16)21-11-1-2-12-21/h7-10,17,23H,1-6,11-15H2,(H,20,24). The van der Waals surface area contributed by atoms with E-state index < -0.39 is 0 Å². The van der Waals surface area contributed by atoms with E-state index in [-0.39, 0.29) is 12.5 Å². The van der Waals surface area contributed by atoms with Crippen molar-refractivity contribution in [1.29, 1.82) is 0 Å². The number of anilines is 2. The molecule has 1 aromatic carbocycles. The number of carbonyl (C=O) groups excluding carboxylic acids is 1. The number of rotatable bonds is 7. The number of amides is 1. The van der Waals surface area contributed by atoms with Crippen LogP contribution in [-0.2, 0) is 4.79 Å². The third-order valence-corrected chi connectivity index (χ3v) is 5.16. The maximum atomic E-state index is 12.3. The summed E-state index contributed by atoms with van der Waals surface area (Å²) in [4.78, 5) is 17.0. The second-order valence-electron chi connectivity index (χ2n) is 6.92. The van der Waals surface area contributed by atoms with Gasteiger partial charge in [0, 0.05) is 37.1 Å². The summed E-state index contributed by atoms with van der Waals surface area (Å²) >= 11 is 0. The average molecular weight is 331 g/mol. The molecule has 2 aliphatic rings. The number of benzene rings is 1. The van der Waals surface area contributed by atoms with Gasteiger partial charge in [-0.1, -0.05) is 0 Å². The molecule has 0 radical (unpaired) electrons. The predicted molar refractivity (Wildman–Crippen MR) is 97.4 cm³/mol. The summed E-state index contributed by atoms with van der Waals surface area (Å²) in [6.45, 7) is 3.94. The lowest BCUT2D eigenvalue weighted by Crippen LogP contribution is -2.36. The number of hydrogen-bond acceptors (Lipinski definition) is 4. The van der Waals surface area contributed by atoms with Gasteiger partial charge in [0.25, 0.3) is 0 Å². The molecule has 0 spiro atoms. The number of aliphatic hydroxyl groups excluding tert-OH is 1. The van der Waals surface area contributed by atoms with Crippen LogP contribution < -0.4 is 10.2 Å². The minimum absolute atomic E-state index is 0.0554. The minimum Gasteiger partial charge on any atom is -0.396 e. The molecule has 5 nitrogen and oxygen atoms in total. The lowest BCUT2D eigenvalue weighted by molar-refractivity contribution is -0.117. The molecule has 5 heteroatoms. The Morgan fingerprint density at radius 2 is 1.88 bits per heavy atom. The molecule has 1 amide bonds. The summed E-state index contributed by atoms with van der Waals surface area (Å²) in [5.74, 6) is 0.0554. The van der Waals surface area contributed by atoms with E-state index >= 15 is 0 Å². The van der Waals surface area contributed by atoms with Crippen LogP contribution in [0.25, 0.3) is 0 Å². The molecule has 24 heavy (non-hydrogen) atoms. The third kappa shape index (κ3) is 4.48.